The van der Waals surface area contributed by atoms with E-state index in [0.29, 0.717) is 16.0 Å². The number of hydrogen-bond acceptors (Lipinski definition) is 6. The molecule has 0 atom stereocenters. The summed E-state index contributed by atoms with van der Waals surface area (Å²) < 4.78 is 7.21. The Kier molecular flexibility index (Phi) is 7.61. The van der Waals surface area contributed by atoms with Gasteiger partial charge in [-0.2, -0.15) is 5.10 Å². The summed E-state index contributed by atoms with van der Waals surface area (Å²) in [7, 11) is 1.63. The molecule has 1 heterocycles. The predicted molar refractivity (Wildman–Crippen MR) is 136 cm³/mol. The second kappa shape index (κ2) is 11.0. The third-order valence-corrected chi connectivity index (χ3v) is 6.06. The van der Waals surface area contributed by atoms with Gasteiger partial charge in [0.25, 0.3) is 5.91 Å². The summed E-state index contributed by atoms with van der Waals surface area (Å²) >= 11 is 7.16. The molecule has 0 fully saturated rings. The number of carbonyl (C=O) groups is 1. The number of aromatic nitrogens is 3. The zero-order valence-corrected chi connectivity index (χ0v) is 20.2. The molecule has 0 aliphatic rings. The molecule has 3 aromatic carbocycles. The molecule has 1 aromatic heterocycles. The van der Waals surface area contributed by atoms with Gasteiger partial charge in [0.15, 0.2) is 11.0 Å². The highest BCUT2D eigenvalue weighted by molar-refractivity contribution is 7.99. The van der Waals surface area contributed by atoms with E-state index in [1.165, 1.54) is 11.8 Å². The van der Waals surface area contributed by atoms with Crippen molar-refractivity contribution in [2.24, 2.45) is 5.10 Å². The molecule has 0 saturated carbocycles. The fourth-order valence-corrected chi connectivity index (χ4v) is 3.98. The molecule has 0 bridgehead atoms. The Morgan fingerprint density at radius 3 is 2.44 bits per heavy atom. The molecule has 4 rings (SSSR count). The van der Waals surface area contributed by atoms with Gasteiger partial charge in [-0.15, -0.1) is 10.2 Å². The third-order valence-electron chi connectivity index (χ3n) is 4.88. The largest absolute Gasteiger partial charge is 0.497 e. The summed E-state index contributed by atoms with van der Waals surface area (Å²) in [5.74, 6) is 1.31. The number of ether oxygens (including phenoxy) is 1. The Bertz CT molecular complexity index is 1290. The molecule has 0 unspecified atom stereocenters. The van der Waals surface area contributed by atoms with Gasteiger partial charge in [-0.1, -0.05) is 65.3 Å². The fourth-order valence-electron chi connectivity index (χ4n) is 3.11. The molecule has 34 heavy (non-hydrogen) atoms. The van der Waals surface area contributed by atoms with E-state index in [1.807, 2.05) is 72.2 Å². The molecule has 4 aromatic rings. The van der Waals surface area contributed by atoms with E-state index in [9.17, 15) is 4.79 Å². The molecular formula is C25H22ClN5O2S. The van der Waals surface area contributed by atoms with Crippen LogP contribution in [-0.2, 0) is 4.79 Å². The number of hydrogen-bond donors (Lipinski definition) is 1. The lowest BCUT2D eigenvalue weighted by Crippen LogP contribution is -2.20. The number of rotatable bonds is 8. The normalized spacial score (nSPS) is 11.0. The summed E-state index contributed by atoms with van der Waals surface area (Å²) in [5.41, 5.74) is 6.32. The van der Waals surface area contributed by atoms with Crippen LogP contribution in [0.2, 0.25) is 5.02 Å². The van der Waals surface area contributed by atoms with E-state index in [2.05, 4.69) is 20.7 Å². The number of nitrogens with zero attached hydrogens (tertiary/aromatic N) is 4. The topological polar surface area (TPSA) is 81.4 Å². The van der Waals surface area contributed by atoms with E-state index in [1.54, 1.807) is 25.5 Å². The number of benzene rings is 3. The molecule has 172 valence electrons. The van der Waals surface area contributed by atoms with Crippen LogP contribution < -0.4 is 10.2 Å². The van der Waals surface area contributed by atoms with E-state index < -0.39 is 0 Å². The Hall–Kier alpha value is -3.62. The summed E-state index contributed by atoms with van der Waals surface area (Å²) in [5, 5.41) is 14.0. The van der Waals surface area contributed by atoms with Gasteiger partial charge in [-0.05, 0) is 48.9 Å². The maximum Gasteiger partial charge on any atom is 0.250 e. The molecular weight excluding hydrogens is 470 g/mol. The van der Waals surface area contributed by atoms with Crippen molar-refractivity contribution in [3.63, 3.8) is 0 Å². The third kappa shape index (κ3) is 5.84. The molecule has 1 amide bonds. The lowest BCUT2D eigenvalue weighted by Gasteiger charge is -2.11. The molecule has 0 saturated heterocycles. The first-order valence-corrected chi connectivity index (χ1v) is 11.8. The first-order chi connectivity index (χ1) is 16.5. The summed E-state index contributed by atoms with van der Waals surface area (Å²) in [6.45, 7) is 2.04. The van der Waals surface area contributed by atoms with Crippen molar-refractivity contribution in [2.45, 2.75) is 12.1 Å². The van der Waals surface area contributed by atoms with Crippen molar-refractivity contribution < 1.29 is 9.53 Å². The van der Waals surface area contributed by atoms with Crippen LogP contribution in [0.3, 0.4) is 0 Å². The maximum atomic E-state index is 12.4. The predicted octanol–water partition coefficient (Wildman–Crippen LogP) is 5.15. The molecule has 0 spiro atoms. The van der Waals surface area contributed by atoms with E-state index in [0.717, 1.165) is 28.1 Å². The average molecular weight is 492 g/mol. The monoisotopic (exact) mass is 491 g/mol. The number of halogens is 1. The number of amides is 1. The van der Waals surface area contributed by atoms with Crippen LogP contribution in [0.1, 0.15) is 11.1 Å². The van der Waals surface area contributed by atoms with Crippen molar-refractivity contribution in [3.8, 4) is 22.8 Å². The molecule has 1 N–H and O–H groups in total. The smallest absolute Gasteiger partial charge is 0.250 e. The minimum absolute atomic E-state index is 0.125. The van der Waals surface area contributed by atoms with Gasteiger partial charge >= 0.3 is 0 Å². The van der Waals surface area contributed by atoms with Gasteiger partial charge in [-0.3, -0.25) is 9.36 Å². The summed E-state index contributed by atoms with van der Waals surface area (Å²) in [4.78, 5) is 12.4. The zero-order chi connectivity index (χ0) is 23.9. The van der Waals surface area contributed by atoms with E-state index in [-0.39, 0.29) is 11.7 Å². The quantitative estimate of drug-likeness (QED) is 0.209. The lowest BCUT2D eigenvalue weighted by atomic mass is 10.1. The van der Waals surface area contributed by atoms with Gasteiger partial charge in [0.1, 0.15) is 5.75 Å². The Labute approximate surface area is 206 Å². The average Bonchev–Trinajstić information content (AvgIpc) is 3.28. The van der Waals surface area contributed by atoms with Gasteiger partial charge in [0.05, 0.1) is 19.1 Å². The van der Waals surface area contributed by atoms with Crippen LogP contribution in [0.4, 0.5) is 0 Å². The Morgan fingerprint density at radius 2 is 1.76 bits per heavy atom. The minimum Gasteiger partial charge on any atom is -0.497 e. The SMILES string of the molecule is COc1ccc(-n2c(SCC(=O)N/N=C\c3ccc(Cl)cc3)nnc2-c2ccc(C)cc2)cc1. The molecule has 0 aliphatic heterocycles. The number of carbonyl (C=O) groups excluding carboxylic acids is 1. The summed E-state index contributed by atoms with van der Waals surface area (Å²) in [6, 6.07) is 22.8. The van der Waals surface area contributed by atoms with Gasteiger partial charge < -0.3 is 4.74 Å². The number of hydrazone groups is 1. The first-order valence-electron chi connectivity index (χ1n) is 10.4. The molecule has 0 radical (unpaired) electrons. The van der Waals surface area contributed by atoms with Crippen LogP contribution in [0.25, 0.3) is 17.1 Å². The fraction of sp³-hybridized carbons (Fsp3) is 0.120. The van der Waals surface area contributed by atoms with Gasteiger partial charge in [0, 0.05) is 16.3 Å². The first kappa shape index (κ1) is 23.5. The highest BCUT2D eigenvalue weighted by Gasteiger charge is 2.17. The van der Waals surface area contributed by atoms with Crippen LogP contribution >= 0.6 is 23.4 Å². The molecule has 9 heteroatoms. The Balaban J connectivity index is 1.52. The summed E-state index contributed by atoms with van der Waals surface area (Å²) in [6.07, 6.45) is 1.56. The minimum atomic E-state index is -0.253. The van der Waals surface area contributed by atoms with E-state index in [4.69, 9.17) is 16.3 Å². The number of methoxy groups -OCH3 is 1. The molecule has 7 nitrogen and oxygen atoms in total. The van der Waals surface area contributed by atoms with Gasteiger partial charge in [0.2, 0.25) is 0 Å². The number of nitrogens with one attached hydrogen (secondary N) is 1. The highest BCUT2D eigenvalue weighted by atomic mass is 35.5. The Morgan fingerprint density at radius 1 is 1.06 bits per heavy atom. The van der Waals surface area contributed by atoms with Crippen LogP contribution in [0.15, 0.2) is 83.1 Å². The lowest BCUT2D eigenvalue weighted by molar-refractivity contribution is -0.118. The van der Waals surface area contributed by atoms with Crippen LogP contribution in [0, 0.1) is 6.92 Å². The number of thioether (sulfide) groups is 1. The van der Waals surface area contributed by atoms with Crippen molar-refractivity contribution in [1.29, 1.82) is 0 Å². The second-order valence-corrected chi connectivity index (χ2v) is 8.72. The maximum absolute atomic E-state index is 12.4. The van der Waals surface area contributed by atoms with Gasteiger partial charge in [-0.25, -0.2) is 5.43 Å². The van der Waals surface area contributed by atoms with Crippen molar-refractivity contribution in [1.82, 2.24) is 20.2 Å². The standard InChI is InChI=1S/C25H22ClN5O2S/c1-17-3-7-19(8-4-17)24-29-30-25(31(24)21-11-13-22(33-2)14-12-21)34-16-23(32)28-27-15-18-5-9-20(26)10-6-18/h3-15H,16H2,1-2H3,(H,28,32)/b27-15-. The highest BCUT2D eigenvalue weighted by Crippen LogP contribution is 2.29. The van der Waals surface area contributed by atoms with Crippen molar-refractivity contribution in [2.75, 3.05) is 12.9 Å². The van der Waals surface area contributed by atoms with Crippen molar-refractivity contribution in [3.05, 3.63) is 88.9 Å². The van der Waals surface area contributed by atoms with Crippen LogP contribution in [-0.4, -0.2) is 39.7 Å². The second-order valence-electron chi connectivity index (χ2n) is 7.34. The zero-order valence-electron chi connectivity index (χ0n) is 18.6. The van der Waals surface area contributed by atoms with E-state index >= 15 is 0 Å². The van der Waals surface area contributed by atoms with Crippen molar-refractivity contribution >= 4 is 35.5 Å². The molecule has 0 aliphatic carbocycles. The van der Waals surface area contributed by atoms with Crippen LogP contribution in [0.5, 0.6) is 5.75 Å². The number of aryl methyl sites for hydroxylation is 1.